The maximum atomic E-state index is 12.0. The van der Waals surface area contributed by atoms with Gasteiger partial charge in [-0.1, -0.05) is 5.16 Å². The Labute approximate surface area is 104 Å². The predicted molar refractivity (Wildman–Crippen MR) is 63.0 cm³/mol. The van der Waals surface area contributed by atoms with Gasteiger partial charge in [-0.25, -0.2) is 9.97 Å². The minimum atomic E-state index is -0.141. The molecule has 6 nitrogen and oxygen atoms in total. The van der Waals surface area contributed by atoms with E-state index >= 15 is 0 Å². The second-order valence-electron chi connectivity index (χ2n) is 4.44. The number of nitrogens with zero attached hydrogens (tertiary/aromatic N) is 4. The molecular weight excluding hydrogens is 232 g/mol. The van der Waals surface area contributed by atoms with Gasteiger partial charge in [0.15, 0.2) is 11.5 Å². The van der Waals surface area contributed by atoms with Crippen molar-refractivity contribution < 1.29 is 9.32 Å². The van der Waals surface area contributed by atoms with Gasteiger partial charge in [0.25, 0.3) is 5.91 Å². The first kappa shape index (κ1) is 10.9. The number of aryl methyl sites for hydroxylation is 1. The van der Waals surface area contributed by atoms with E-state index in [0.29, 0.717) is 11.5 Å². The Kier molecular flexibility index (Phi) is 2.36. The summed E-state index contributed by atoms with van der Waals surface area (Å²) in [5.41, 5.74) is 3.01. The summed E-state index contributed by atoms with van der Waals surface area (Å²) < 4.78 is 5.30. The maximum absolute atomic E-state index is 12.0. The summed E-state index contributed by atoms with van der Waals surface area (Å²) in [5, 5.41) is 3.89. The number of hydrogen-bond acceptors (Lipinski definition) is 5. The topological polar surface area (TPSA) is 72.1 Å². The molecule has 0 unspecified atom stereocenters. The molecule has 18 heavy (non-hydrogen) atoms. The lowest BCUT2D eigenvalue weighted by Crippen LogP contribution is -2.23. The zero-order chi connectivity index (χ0) is 12.7. The molecule has 0 aliphatic heterocycles. The van der Waals surface area contributed by atoms with Gasteiger partial charge < -0.3 is 9.42 Å². The van der Waals surface area contributed by atoms with Gasteiger partial charge in [-0.3, -0.25) is 4.79 Å². The standard InChI is InChI=1S/C12H12N4O2/c1-16(2)12(17)10-8-4-3-7-5-13-6-14-9(7)11(8)18-15-10/h5-6H,3-4H2,1-2H3. The molecule has 0 atom stereocenters. The van der Waals surface area contributed by atoms with Crippen LogP contribution in [-0.2, 0) is 12.8 Å². The third-order valence-corrected chi connectivity index (χ3v) is 3.04. The van der Waals surface area contributed by atoms with Crippen LogP contribution in [0.4, 0.5) is 0 Å². The van der Waals surface area contributed by atoms with Crippen molar-refractivity contribution in [2.24, 2.45) is 0 Å². The molecular formula is C12H12N4O2. The lowest BCUT2D eigenvalue weighted by molar-refractivity contribution is 0.0816. The number of rotatable bonds is 1. The van der Waals surface area contributed by atoms with Gasteiger partial charge in [-0.15, -0.1) is 0 Å². The molecule has 2 heterocycles. The van der Waals surface area contributed by atoms with Crippen molar-refractivity contribution >= 4 is 5.91 Å². The number of amides is 1. The quantitative estimate of drug-likeness (QED) is 0.746. The van der Waals surface area contributed by atoms with Crippen molar-refractivity contribution in [3.8, 4) is 11.5 Å². The van der Waals surface area contributed by atoms with Crippen molar-refractivity contribution in [1.29, 1.82) is 0 Å². The smallest absolute Gasteiger partial charge is 0.275 e. The lowest BCUT2D eigenvalue weighted by Gasteiger charge is -2.13. The van der Waals surface area contributed by atoms with E-state index in [9.17, 15) is 4.79 Å². The number of hydrogen-bond donors (Lipinski definition) is 0. The Balaban J connectivity index is 2.13. The molecule has 0 radical (unpaired) electrons. The van der Waals surface area contributed by atoms with Crippen molar-refractivity contribution in [3.05, 3.63) is 29.3 Å². The van der Waals surface area contributed by atoms with Crippen molar-refractivity contribution in [2.45, 2.75) is 12.8 Å². The molecule has 6 heteroatoms. The number of aromatic nitrogens is 3. The minimum absolute atomic E-state index is 0.141. The van der Waals surface area contributed by atoms with Crippen molar-refractivity contribution in [2.75, 3.05) is 14.1 Å². The lowest BCUT2D eigenvalue weighted by atomic mass is 9.94. The Bertz CT molecular complexity index is 618. The fraction of sp³-hybridized carbons (Fsp3) is 0.333. The monoisotopic (exact) mass is 244 g/mol. The van der Waals surface area contributed by atoms with E-state index in [0.717, 1.165) is 29.7 Å². The average molecular weight is 244 g/mol. The highest BCUT2D eigenvalue weighted by Gasteiger charge is 2.29. The average Bonchev–Trinajstić information content (AvgIpc) is 2.81. The van der Waals surface area contributed by atoms with Gasteiger partial charge in [-0.2, -0.15) is 0 Å². The number of carbonyl (C=O) groups excluding carboxylic acids is 1. The van der Waals surface area contributed by atoms with Crippen molar-refractivity contribution in [3.63, 3.8) is 0 Å². The molecule has 0 saturated carbocycles. The number of fused-ring (bicyclic) bond motifs is 3. The molecule has 0 N–H and O–H groups in total. The van der Waals surface area contributed by atoms with E-state index in [-0.39, 0.29) is 5.91 Å². The van der Waals surface area contributed by atoms with Crippen LogP contribution in [0.25, 0.3) is 11.5 Å². The fourth-order valence-electron chi connectivity index (χ4n) is 2.11. The Morgan fingerprint density at radius 3 is 3.00 bits per heavy atom. The van der Waals surface area contributed by atoms with E-state index in [4.69, 9.17) is 4.52 Å². The summed E-state index contributed by atoms with van der Waals surface area (Å²) in [4.78, 5) is 21.7. The zero-order valence-electron chi connectivity index (χ0n) is 10.2. The van der Waals surface area contributed by atoms with Crippen LogP contribution in [-0.4, -0.2) is 40.0 Å². The molecule has 0 spiro atoms. The zero-order valence-corrected chi connectivity index (χ0v) is 10.2. The highest BCUT2D eigenvalue weighted by atomic mass is 16.5. The van der Waals surface area contributed by atoms with Crippen LogP contribution in [0.1, 0.15) is 21.6 Å². The molecule has 1 aliphatic rings. The summed E-state index contributed by atoms with van der Waals surface area (Å²) in [6.45, 7) is 0. The van der Waals surface area contributed by atoms with Gasteiger partial charge in [0.1, 0.15) is 12.0 Å². The summed E-state index contributed by atoms with van der Waals surface area (Å²) in [5.74, 6) is 0.460. The Morgan fingerprint density at radius 2 is 2.22 bits per heavy atom. The van der Waals surface area contributed by atoms with Crippen LogP contribution < -0.4 is 0 Å². The van der Waals surface area contributed by atoms with E-state index in [1.807, 2.05) is 0 Å². The van der Waals surface area contributed by atoms with Gasteiger partial charge in [0, 0.05) is 31.4 Å². The molecule has 1 aliphatic carbocycles. The third kappa shape index (κ3) is 1.49. The molecule has 3 rings (SSSR count). The van der Waals surface area contributed by atoms with E-state index < -0.39 is 0 Å². The largest absolute Gasteiger partial charge is 0.353 e. The molecule has 0 aromatic carbocycles. The fourth-order valence-corrected chi connectivity index (χ4v) is 2.11. The van der Waals surface area contributed by atoms with Crippen molar-refractivity contribution in [1.82, 2.24) is 20.0 Å². The van der Waals surface area contributed by atoms with Gasteiger partial charge in [-0.05, 0) is 12.8 Å². The first-order valence-electron chi connectivity index (χ1n) is 5.68. The van der Waals surface area contributed by atoms with Crippen LogP contribution in [0, 0.1) is 0 Å². The highest BCUT2D eigenvalue weighted by molar-refractivity contribution is 5.95. The Morgan fingerprint density at radius 1 is 1.39 bits per heavy atom. The first-order valence-corrected chi connectivity index (χ1v) is 5.68. The minimum Gasteiger partial charge on any atom is -0.353 e. The van der Waals surface area contributed by atoms with Gasteiger partial charge >= 0.3 is 0 Å². The molecule has 92 valence electrons. The van der Waals surface area contributed by atoms with Crippen LogP contribution in [0.2, 0.25) is 0 Å². The third-order valence-electron chi connectivity index (χ3n) is 3.04. The van der Waals surface area contributed by atoms with Gasteiger partial charge in [0.2, 0.25) is 0 Å². The van der Waals surface area contributed by atoms with Gasteiger partial charge in [0.05, 0.1) is 0 Å². The second kappa shape index (κ2) is 3.90. The second-order valence-corrected chi connectivity index (χ2v) is 4.44. The highest BCUT2D eigenvalue weighted by Crippen LogP contribution is 2.33. The molecule has 2 aromatic rings. The summed E-state index contributed by atoms with van der Waals surface area (Å²) >= 11 is 0. The van der Waals surface area contributed by atoms with E-state index in [2.05, 4.69) is 15.1 Å². The summed E-state index contributed by atoms with van der Waals surface area (Å²) in [6.07, 6.45) is 4.79. The molecule has 0 fully saturated rings. The number of carbonyl (C=O) groups is 1. The normalized spacial score (nSPS) is 12.8. The Hall–Kier alpha value is -2.24. The van der Waals surface area contributed by atoms with Crippen LogP contribution in [0.15, 0.2) is 17.0 Å². The molecule has 0 saturated heterocycles. The maximum Gasteiger partial charge on any atom is 0.275 e. The van der Waals surface area contributed by atoms with Crippen LogP contribution in [0.5, 0.6) is 0 Å². The van der Waals surface area contributed by atoms with E-state index in [1.165, 1.54) is 11.2 Å². The predicted octanol–water partition coefficient (Wildman–Crippen LogP) is 0.932. The van der Waals surface area contributed by atoms with E-state index in [1.54, 1.807) is 20.3 Å². The summed E-state index contributed by atoms with van der Waals surface area (Å²) in [7, 11) is 3.39. The van der Waals surface area contributed by atoms with Crippen LogP contribution in [0.3, 0.4) is 0 Å². The first-order chi connectivity index (χ1) is 8.68. The molecule has 0 bridgehead atoms. The molecule has 1 amide bonds. The molecule has 2 aromatic heterocycles. The SMILES string of the molecule is CN(C)C(=O)c1noc2c1CCc1cncnc1-2. The summed E-state index contributed by atoms with van der Waals surface area (Å²) in [6, 6.07) is 0. The van der Waals surface area contributed by atoms with Crippen LogP contribution >= 0.6 is 0 Å².